The van der Waals surface area contributed by atoms with Crippen LogP contribution in [-0.4, -0.2) is 0 Å². The van der Waals surface area contributed by atoms with Gasteiger partial charge >= 0.3 is 0 Å². The minimum Gasteiger partial charge on any atom is -0.455 e. The van der Waals surface area contributed by atoms with Crippen LogP contribution in [0.2, 0.25) is 0 Å². The van der Waals surface area contributed by atoms with Gasteiger partial charge in [-0.25, -0.2) is 0 Å². The molecule has 2 heterocycles. The second-order valence-corrected chi connectivity index (χ2v) is 19.4. The molecule has 2 nitrogen and oxygen atoms in total. The van der Waals surface area contributed by atoms with Gasteiger partial charge in [0.05, 0.1) is 5.41 Å². The van der Waals surface area contributed by atoms with E-state index in [1.165, 1.54) is 64.7 Å². The molecule has 13 aromatic rings. The van der Waals surface area contributed by atoms with Gasteiger partial charge in [-0.3, -0.25) is 0 Å². The number of thiophene rings is 1. The van der Waals surface area contributed by atoms with Crippen LogP contribution in [0.4, 0.5) is 17.1 Å². The Bertz CT molecular complexity index is 4060. The van der Waals surface area contributed by atoms with Crippen molar-refractivity contribution in [3.05, 3.63) is 283 Å². The van der Waals surface area contributed by atoms with E-state index >= 15 is 0 Å². The average Bonchev–Trinajstić information content (AvgIpc) is 4.11. The van der Waals surface area contributed by atoms with E-state index in [0.717, 1.165) is 61.3 Å². The van der Waals surface area contributed by atoms with Crippen LogP contribution >= 0.6 is 11.3 Å². The van der Waals surface area contributed by atoms with Crippen molar-refractivity contribution >= 4 is 70.5 Å². The normalized spacial score (nSPS) is 12.7. The van der Waals surface area contributed by atoms with Crippen LogP contribution in [0.3, 0.4) is 0 Å². The van der Waals surface area contributed by atoms with Gasteiger partial charge in [-0.05, 0) is 128 Å². The van der Waals surface area contributed by atoms with E-state index in [0.29, 0.717) is 0 Å². The number of anilines is 3. The van der Waals surface area contributed by atoms with E-state index in [9.17, 15) is 0 Å². The van der Waals surface area contributed by atoms with Crippen molar-refractivity contribution in [1.82, 2.24) is 0 Å². The van der Waals surface area contributed by atoms with Crippen molar-refractivity contribution in [2.45, 2.75) is 5.41 Å². The van der Waals surface area contributed by atoms with Crippen molar-refractivity contribution in [3.8, 4) is 44.5 Å². The van der Waals surface area contributed by atoms with Crippen molar-refractivity contribution in [3.63, 3.8) is 0 Å². The summed E-state index contributed by atoms with van der Waals surface area (Å²) in [7, 11) is 0. The Hall–Kier alpha value is -8.76. The third-order valence-electron chi connectivity index (χ3n) is 14.6. The van der Waals surface area contributed by atoms with Gasteiger partial charge in [-0.1, -0.05) is 194 Å². The molecule has 0 spiro atoms. The summed E-state index contributed by atoms with van der Waals surface area (Å²) in [6.45, 7) is 0. The Labute approximate surface area is 410 Å². The van der Waals surface area contributed by atoms with Gasteiger partial charge in [0, 0.05) is 53.6 Å². The zero-order valence-electron chi connectivity index (χ0n) is 38.1. The van der Waals surface area contributed by atoms with Crippen molar-refractivity contribution < 1.29 is 4.42 Å². The highest BCUT2D eigenvalue weighted by atomic mass is 32.1. The average molecular weight is 910 g/mol. The molecule has 0 fully saturated rings. The van der Waals surface area contributed by atoms with Crippen molar-refractivity contribution in [2.75, 3.05) is 4.90 Å². The van der Waals surface area contributed by atoms with E-state index in [1.54, 1.807) is 0 Å². The third-order valence-corrected chi connectivity index (χ3v) is 15.7. The summed E-state index contributed by atoms with van der Waals surface area (Å²) < 4.78 is 9.10. The maximum absolute atomic E-state index is 6.46. The molecule has 0 unspecified atom stereocenters. The molecule has 2 aromatic heterocycles. The molecule has 0 aliphatic heterocycles. The zero-order chi connectivity index (χ0) is 46.2. The molecule has 0 saturated carbocycles. The maximum atomic E-state index is 6.46. The first-order chi connectivity index (χ1) is 34.7. The number of para-hydroxylation sites is 2. The first-order valence-electron chi connectivity index (χ1n) is 24.0. The van der Waals surface area contributed by atoms with Gasteiger partial charge in [0.2, 0.25) is 0 Å². The van der Waals surface area contributed by atoms with Gasteiger partial charge in [0.15, 0.2) is 0 Å². The Morgan fingerprint density at radius 3 is 1.53 bits per heavy atom. The molecule has 1 aliphatic carbocycles. The predicted octanol–water partition coefficient (Wildman–Crippen LogP) is 18.8. The second kappa shape index (κ2) is 16.2. The third kappa shape index (κ3) is 6.32. The first kappa shape index (κ1) is 40.3. The Balaban J connectivity index is 0.871. The number of hydrogen-bond acceptors (Lipinski definition) is 3. The Kier molecular flexibility index (Phi) is 9.33. The fraction of sp³-hybridized carbons (Fsp3) is 0.0149. The first-order valence-corrected chi connectivity index (χ1v) is 24.8. The van der Waals surface area contributed by atoms with Crippen molar-refractivity contribution in [1.29, 1.82) is 0 Å². The van der Waals surface area contributed by atoms with E-state index < -0.39 is 5.41 Å². The predicted molar refractivity (Wildman–Crippen MR) is 295 cm³/mol. The SMILES string of the molecule is c1ccc(C2(c3ccc(N(c4ccc(-c5cccc(-c6cccc7c6oc6ccccc67)c5)cc4)c4ccc(-c5ccc6sc7ccccc7c6c5)cc4)cc3)c3ccccc3-c3ccccc32)cc1. The van der Waals surface area contributed by atoms with E-state index in [2.05, 4.69) is 254 Å². The molecule has 1 aliphatic rings. The molecule has 0 bridgehead atoms. The van der Waals surface area contributed by atoms with Gasteiger partial charge in [0.1, 0.15) is 11.2 Å². The summed E-state index contributed by atoms with van der Waals surface area (Å²) in [6, 6.07) is 95.5. The van der Waals surface area contributed by atoms with Gasteiger partial charge in [-0.15, -0.1) is 11.3 Å². The Morgan fingerprint density at radius 1 is 0.314 bits per heavy atom. The van der Waals surface area contributed by atoms with Gasteiger partial charge < -0.3 is 9.32 Å². The van der Waals surface area contributed by atoms with Crippen LogP contribution in [0.15, 0.2) is 265 Å². The van der Waals surface area contributed by atoms with Crippen LogP contribution in [0.5, 0.6) is 0 Å². The molecule has 11 aromatic carbocycles. The van der Waals surface area contributed by atoms with Crippen LogP contribution in [0.1, 0.15) is 22.3 Å². The summed E-state index contributed by atoms with van der Waals surface area (Å²) in [5, 5.41) is 4.89. The maximum Gasteiger partial charge on any atom is 0.143 e. The largest absolute Gasteiger partial charge is 0.455 e. The molecule has 0 amide bonds. The summed E-state index contributed by atoms with van der Waals surface area (Å²) in [6.07, 6.45) is 0. The van der Waals surface area contributed by atoms with Crippen molar-refractivity contribution in [2.24, 2.45) is 0 Å². The van der Waals surface area contributed by atoms with E-state index in [-0.39, 0.29) is 0 Å². The van der Waals surface area contributed by atoms with Crippen LogP contribution in [0, 0.1) is 0 Å². The minimum absolute atomic E-state index is 0.472. The van der Waals surface area contributed by atoms with E-state index in [1.807, 2.05) is 23.5 Å². The molecule has 0 saturated heterocycles. The highest BCUT2D eigenvalue weighted by Crippen LogP contribution is 2.56. The lowest BCUT2D eigenvalue weighted by atomic mass is 9.68. The second-order valence-electron chi connectivity index (χ2n) is 18.4. The Morgan fingerprint density at radius 2 is 0.814 bits per heavy atom. The summed E-state index contributed by atoms with van der Waals surface area (Å²) in [5.41, 5.74) is 19.2. The lowest BCUT2D eigenvalue weighted by Crippen LogP contribution is -2.28. The fourth-order valence-electron chi connectivity index (χ4n) is 11.4. The monoisotopic (exact) mass is 909 g/mol. The molecule has 3 heteroatoms. The number of nitrogens with zero attached hydrogens (tertiary/aromatic N) is 1. The molecule has 0 N–H and O–H groups in total. The standard InChI is InChI=1S/C67H43NOS/c1-2-16-49(17-3-1)67(61-24-8-4-18-55(61)56-19-5-9-25-62(56)67)50-33-39-53(40-34-50)68(52-37-30-45(31-38-52)47-32-41-65-60(43-47)58-21-7-11-27-64(58)70-65)51-35-28-44(29-36-51)46-14-12-15-48(42-46)54-22-13-23-59-57-20-6-10-26-63(57)69-66(54)59/h1-43H. The summed E-state index contributed by atoms with van der Waals surface area (Å²) in [4.78, 5) is 2.39. The topological polar surface area (TPSA) is 16.4 Å². The van der Waals surface area contributed by atoms with Gasteiger partial charge in [0.25, 0.3) is 0 Å². The molecular formula is C67H43NOS. The highest BCUT2D eigenvalue weighted by molar-refractivity contribution is 7.25. The summed E-state index contributed by atoms with van der Waals surface area (Å²) >= 11 is 1.86. The van der Waals surface area contributed by atoms with Crippen LogP contribution in [-0.2, 0) is 5.41 Å². The molecule has 14 rings (SSSR count). The number of hydrogen-bond donors (Lipinski definition) is 0. The highest BCUT2D eigenvalue weighted by Gasteiger charge is 2.45. The molecular weight excluding hydrogens is 867 g/mol. The number of fused-ring (bicyclic) bond motifs is 9. The smallest absolute Gasteiger partial charge is 0.143 e. The number of furan rings is 1. The van der Waals surface area contributed by atoms with E-state index in [4.69, 9.17) is 4.42 Å². The van der Waals surface area contributed by atoms with Gasteiger partial charge in [-0.2, -0.15) is 0 Å². The lowest BCUT2D eigenvalue weighted by molar-refractivity contribution is 0.670. The van der Waals surface area contributed by atoms with Crippen LogP contribution in [0.25, 0.3) is 86.6 Å². The lowest BCUT2D eigenvalue weighted by Gasteiger charge is -2.34. The molecule has 0 radical (unpaired) electrons. The zero-order valence-corrected chi connectivity index (χ0v) is 38.9. The number of rotatable bonds is 8. The molecule has 328 valence electrons. The quantitative estimate of drug-likeness (QED) is 0.151. The van der Waals surface area contributed by atoms with Crippen LogP contribution < -0.4 is 4.90 Å². The fourth-order valence-corrected chi connectivity index (χ4v) is 12.5. The minimum atomic E-state index is -0.472. The molecule has 70 heavy (non-hydrogen) atoms. The number of benzene rings is 11. The molecule has 0 atom stereocenters. The summed E-state index contributed by atoms with van der Waals surface area (Å²) in [5.74, 6) is 0.